The van der Waals surface area contributed by atoms with Gasteiger partial charge in [-0.3, -0.25) is 0 Å². The Morgan fingerprint density at radius 3 is 1.82 bits per heavy atom. The van der Waals surface area contributed by atoms with Crippen LogP contribution in [0.5, 0.6) is 0 Å². The average Bonchev–Trinajstić information content (AvgIpc) is 3.40. The fourth-order valence-electron chi connectivity index (χ4n) is 5.52. The Bertz CT molecular complexity index is 2180. The summed E-state index contributed by atoms with van der Waals surface area (Å²) in [5, 5.41) is 4.42. The maximum Gasteiger partial charge on any atom is 0.143 e. The van der Waals surface area contributed by atoms with E-state index in [-0.39, 0.29) is 0 Å². The van der Waals surface area contributed by atoms with Gasteiger partial charge in [-0.05, 0) is 29.8 Å². The van der Waals surface area contributed by atoms with Crippen LogP contribution in [0, 0.1) is 0 Å². The molecule has 0 bridgehead atoms. The first kappa shape index (κ1) is 21.8. The summed E-state index contributed by atoms with van der Waals surface area (Å²) < 4.78 is 6.31. The molecule has 0 saturated heterocycles. The molecule has 3 heterocycles. The van der Waals surface area contributed by atoms with E-state index < -0.39 is 0 Å². The Balaban J connectivity index is 1.28. The van der Waals surface area contributed by atoms with Gasteiger partial charge in [0.15, 0.2) is 0 Å². The minimum atomic E-state index is 0.904. The zero-order chi connectivity index (χ0) is 25.8. The van der Waals surface area contributed by atoms with Crippen molar-refractivity contribution in [2.75, 3.05) is 0 Å². The number of hydrogen-bond donors (Lipinski definition) is 0. The number of benzene rings is 5. The third kappa shape index (κ3) is 3.59. The Morgan fingerprint density at radius 1 is 0.436 bits per heavy atom. The number of furan rings is 1. The highest BCUT2D eigenvalue weighted by Crippen LogP contribution is 2.37. The number of aromatic nitrogens is 2. The third-order valence-electron chi connectivity index (χ3n) is 7.46. The maximum absolute atomic E-state index is 6.31. The lowest BCUT2D eigenvalue weighted by Gasteiger charge is -2.09. The third-order valence-corrected chi connectivity index (χ3v) is 7.46. The zero-order valence-corrected chi connectivity index (χ0v) is 21.0. The molecule has 0 aliphatic carbocycles. The van der Waals surface area contributed by atoms with E-state index in [0.717, 1.165) is 77.4 Å². The molecule has 0 saturated carbocycles. The van der Waals surface area contributed by atoms with Crippen LogP contribution >= 0.6 is 0 Å². The molecule has 3 aromatic heterocycles. The fraction of sp³-hybridized carbons (Fsp3) is 0. The van der Waals surface area contributed by atoms with Crippen LogP contribution in [0.25, 0.3) is 77.4 Å². The summed E-state index contributed by atoms with van der Waals surface area (Å²) in [7, 11) is 0. The van der Waals surface area contributed by atoms with Gasteiger partial charge in [0, 0.05) is 38.2 Å². The molecule has 0 fully saturated rings. The van der Waals surface area contributed by atoms with Gasteiger partial charge in [-0.15, -0.1) is 0 Å². The highest BCUT2D eigenvalue weighted by Gasteiger charge is 2.13. The SMILES string of the molecule is c1ccc(-c2ccc3ccc4ccc(-c5cccc(-c6cccc7c6oc6ccccc67)c5)nc4c3n2)cc1. The monoisotopic (exact) mass is 498 g/mol. The molecule has 0 aliphatic heterocycles. The van der Waals surface area contributed by atoms with Crippen molar-refractivity contribution in [1.82, 2.24) is 9.97 Å². The Hall–Kier alpha value is -5.28. The summed E-state index contributed by atoms with van der Waals surface area (Å²) in [6.07, 6.45) is 0. The van der Waals surface area contributed by atoms with E-state index in [0.29, 0.717) is 0 Å². The molecule has 182 valence electrons. The van der Waals surface area contributed by atoms with Crippen LogP contribution in [0.4, 0.5) is 0 Å². The van der Waals surface area contributed by atoms with Crippen molar-refractivity contribution in [3.8, 4) is 33.6 Å². The second kappa shape index (κ2) is 8.64. The molecule has 8 rings (SSSR count). The standard InChI is InChI=1S/C36H22N2O/c1-2-8-23(9-3-1)31-20-18-24-16-17-25-19-21-32(38-35(25)34(24)37-31)27-11-6-10-26(22-27)28-13-7-14-30-29-12-4-5-15-33(29)39-36(28)30/h1-22H. The van der Waals surface area contributed by atoms with Crippen molar-refractivity contribution in [2.45, 2.75) is 0 Å². The molecule has 5 aromatic carbocycles. The van der Waals surface area contributed by atoms with E-state index in [1.807, 2.05) is 30.3 Å². The zero-order valence-electron chi connectivity index (χ0n) is 21.0. The average molecular weight is 499 g/mol. The number of hydrogen-bond acceptors (Lipinski definition) is 3. The molecule has 3 nitrogen and oxygen atoms in total. The summed E-state index contributed by atoms with van der Waals surface area (Å²) >= 11 is 0. The summed E-state index contributed by atoms with van der Waals surface area (Å²) in [5.41, 5.74) is 9.83. The number of para-hydroxylation sites is 2. The predicted octanol–water partition coefficient (Wildman–Crippen LogP) is 9.68. The molecule has 0 radical (unpaired) electrons. The molecule has 0 N–H and O–H groups in total. The van der Waals surface area contributed by atoms with Crippen molar-refractivity contribution in [3.05, 3.63) is 133 Å². The van der Waals surface area contributed by atoms with E-state index in [1.54, 1.807) is 0 Å². The van der Waals surface area contributed by atoms with Gasteiger partial charge in [-0.1, -0.05) is 109 Å². The number of fused-ring (bicyclic) bond motifs is 6. The van der Waals surface area contributed by atoms with Crippen LogP contribution in [0.15, 0.2) is 138 Å². The van der Waals surface area contributed by atoms with Gasteiger partial charge >= 0.3 is 0 Å². The molecule has 0 unspecified atom stereocenters. The Morgan fingerprint density at radius 2 is 1.03 bits per heavy atom. The molecule has 0 spiro atoms. The van der Waals surface area contributed by atoms with Crippen LogP contribution in [0.3, 0.4) is 0 Å². The van der Waals surface area contributed by atoms with E-state index in [2.05, 4.69) is 103 Å². The normalized spacial score (nSPS) is 11.6. The second-order valence-corrected chi connectivity index (χ2v) is 9.83. The molecular formula is C36H22N2O. The first-order valence-electron chi connectivity index (χ1n) is 13.1. The molecule has 8 aromatic rings. The first-order chi connectivity index (χ1) is 19.3. The number of pyridine rings is 2. The van der Waals surface area contributed by atoms with Gasteiger partial charge < -0.3 is 4.42 Å². The number of rotatable bonds is 3. The van der Waals surface area contributed by atoms with Crippen LogP contribution in [-0.2, 0) is 0 Å². The lowest BCUT2D eigenvalue weighted by atomic mass is 9.99. The number of nitrogens with zero attached hydrogens (tertiary/aromatic N) is 2. The maximum atomic E-state index is 6.31. The van der Waals surface area contributed by atoms with Gasteiger partial charge in [0.05, 0.1) is 22.4 Å². The Kier molecular flexibility index (Phi) is 4.82. The molecule has 39 heavy (non-hydrogen) atoms. The highest BCUT2D eigenvalue weighted by molar-refractivity contribution is 6.09. The molecular weight excluding hydrogens is 476 g/mol. The first-order valence-corrected chi connectivity index (χ1v) is 13.1. The van der Waals surface area contributed by atoms with Gasteiger partial charge in [-0.2, -0.15) is 0 Å². The van der Waals surface area contributed by atoms with E-state index >= 15 is 0 Å². The molecule has 0 amide bonds. The molecule has 3 heteroatoms. The van der Waals surface area contributed by atoms with Crippen LogP contribution in [0.2, 0.25) is 0 Å². The Labute approximate surface area is 225 Å². The fourth-order valence-corrected chi connectivity index (χ4v) is 5.52. The van der Waals surface area contributed by atoms with Crippen molar-refractivity contribution in [3.63, 3.8) is 0 Å². The van der Waals surface area contributed by atoms with Crippen LogP contribution in [0.1, 0.15) is 0 Å². The quantitative estimate of drug-likeness (QED) is 0.228. The van der Waals surface area contributed by atoms with Crippen molar-refractivity contribution >= 4 is 43.7 Å². The van der Waals surface area contributed by atoms with Crippen LogP contribution in [-0.4, -0.2) is 9.97 Å². The lowest BCUT2D eigenvalue weighted by molar-refractivity contribution is 0.670. The lowest BCUT2D eigenvalue weighted by Crippen LogP contribution is -1.91. The highest BCUT2D eigenvalue weighted by atomic mass is 16.3. The predicted molar refractivity (Wildman–Crippen MR) is 161 cm³/mol. The van der Waals surface area contributed by atoms with Crippen molar-refractivity contribution in [1.29, 1.82) is 0 Å². The second-order valence-electron chi connectivity index (χ2n) is 9.83. The summed E-state index contributed by atoms with van der Waals surface area (Å²) in [4.78, 5) is 10.2. The van der Waals surface area contributed by atoms with Crippen molar-refractivity contribution < 1.29 is 4.42 Å². The largest absolute Gasteiger partial charge is 0.455 e. The van der Waals surface area contributed by atoms with E-state index in [1.165, 1.54) is 0 Å². The summed E-state index contributed by atoms with van der Waals surface area (Å²) in [5.74, 6) is 0. The van der Waals surface area contributed by atoms with Gasteiger partial charge in [0.1, 0.15) is 11.2 Å². The van der Waals surface area contributed by atoms with Crippen LogP contribution < -0.4 is 0 Å². The molecule has 0 aliphatic rings. The van der Waals surface area contributed by atoms with E-state index in [9.17, 15) is 0 Å². The van der Waals surface area contributed by atoms with Gasteiger partial charge in [0.2, 0.25) is 0 Å². The van der Waals surface area contributed by atoms with Gasteiger partial charge in [0.25, 0.3) is 0 Å². The van der Waals surface area contributed by atoms with Gasteiger partial charge in [-0.25, -0.2) is 9.97 Å². The summed E-state index contributed by atoms with van der Waals surface area (Å²) in [6.45, 7) is 0. The smallest absolute Gasteiger partial charge is 0.143 e. The minimum Gasteiger partial charge on any atom is -0.455 e. The molecule has 0 atom stereocenters. The van der Waals surface area contributed by atoms with E-state index in [4.69, 9.17) is 14.4 Å². The topological polar surface area (TPSA) is 38.9 Å². The van der Waals surface area contributed by atoms with Crippen molar-refractivity contribution in [2.24, 2.45) is 0 Å². The minimum absolute atomic E-state index is 0.904. The summed E-state index contributed by atoms with van der Waals surface area (Å²) in [6, 6.07) is 46.1.